The zero-order valence-electron chi connectivity index (χ0n) is 23.0. The lowest BCUT2D eigenvalue weighted by Crippen LogP contribution is -2.29. The van der Waals surface area contributed by atoms with E-state index in [1.54, 1.807) is 0 Å². The van der Waals surface area contributed by atoms with Crippen LogP contribution < -0.4 is 4.74 Å². The molecule has 1 fully saturated rings. The summed E-state index contributed by atoms with van der Waals surface area (Å²) in [4.78, 5) is 13.3. The van der Waals surface area contributed by atoms with Gasteiger partial charge in [0.1, 0.15) is 11.9 Å². The molecule has 0 saturated carbocycles. The zero-order chi connectivity index (χ0) is 26.0. The molecule has 0 spiro atoms. The number of esters is 1. The highest BCUT2D eigenvalue weighted by atomic mass is 28.3. The van der Waals surface area contributed by atoms with E-state index in [9.17, 15) is 4.79 Å². The summed E-state index contributed by atoms with van der Waals surface area (Å²) in [6, 6.07) is 4.99. The molecule has 0 N–H and O–H groups in total. The molecule has 0 amide bonds. The molecule has 1 saturated heterocycles. The standard InChI is InChI=1S/C29H44O5Si/c1-19-13-14-20(2)27-25(33-29(5,6)34-27)12-10-11-23-18-24(31-15-16-35(7,8)9)17-21(3)26(23)28(30)32-22(19)4/h10-11,13-14,17-20,22,25,27H,12,15-16H2,1-9H3/b11-10+,14-13-/t19-,20?,22+,25+,27-/m1/s1. The van der Waals surface area contributed by atoms with Gasteiger partial charge in [-0.2, -0.15) is 0 Å². The summed E-state index contributed by atoms with van der Waals surface area (Å²) in [6.45, 7) is 19.8. The number of hydrogen-bond donors (Lipinski definition) is 0. The van der Waals surface area contributed by atoms with Crippen molar-refractivity contribution in [2.24, 2.45) is 11.8 Å². The Morgan fingerprint density at radius 1 is 1.06 bits per heavy atom. The van der Waals surface area contributed by atoms with Gasteiger partial charge in [-0.25, -0.2) is 4.79 Å². The number of carbonyl (C=O) groups is 1. The molecule has 0 bridgehead atoms. The van der Waals surface area contributed by atoms with Crippen molar-refractivity contribution in [3.8, 4) is 5.75 Å². The molecular weight excluding hydrogens is 456 g/mol. The molecule has 35 heavy (non-hydrogen) atoms. The fourth-order valence-electron chi connectivity index (χ4n) is 4.52. The van der Waals surface area contributed by atoms with E-state index in [-0.39, 0.29) is 36.1 Å². The Kier molecular flexibility index (Phi) is 8.72. The van der Waals surface area contributed by atoms with Crippen molar-refractivity contribution in [1.82, 2.24) is 0 Å². The molecule has 2 aliphatic heterocycles. The summed E-state index contributed by atoms with van der Waals surface area (Å²) < 4.78 is 24.6. The summed E-state index contributed by atoms with van der Waals surface area (Å²) in [5.74, 6) is 0.109. The SMILES string of the molecule is Cc1cc(OCC[Si](C)(C)C)cc2c1C(=O)O[C@@H](C)[C@H](C)/C=C\C(C)[C@H]1OC(C)(C)O[C@H]1C/C=C/2. The van der Waals surface area contributed by atoms with Gasteiger partial charge in [0.2, 0.25) is 0 Å². The van der Waals surface area contributed by atoms with Gasteiger partial charge in [-0.15, -0.1) is 0 Å². The van der Waals surface area contributed by atoms with Gasteiger partial charge in [0.25, 0.3) is 0 Å². The molecule has 0 aliphatic carbocycles. The van der Waals surface area contributed by atoms with Crippen molar-refractivity contribution in [1.29, 1.82) is 0 Å². The maximum Gasteiger partial charge on any atom is 0.339 e. The maximum absolute atomic E-state index is 13.3. The van der Waals surface area contributed by atoms with Crippen LogP contribution in [0.3, 0.4) is 0 Å². The van der Waals surface area contributed by atoms with E-state index in [2.05, 4.69) is 51.7 Å². The quantitative estimate of drug-likeness (QED) is 0.252. The van der Waals surface area contributed by atoms with Crippen LogP contribution in [0.2, 0.25) is 25.7 Å². The van der Waals surface area contributed by atoms with Crippen LogP contribution in [0.5, 0.6) is 5.75 Å². The van der Waals surface area contributed by atoms with Crippen molar-refractivity contribution in [3.05, 3.63) is 47.1 Å². The minimum Gasteiger partial charge on any atom is -0.494 e. The molecule has 0 radical (unpaired) electrons. The summed E-state index contributed by atoms with van der Waals surface area (Å²) in [5, 5.41) is 0. The minimum absolute atomic E-state index is 0.0451. The normalized spacial score (nSPS) is 31.0. The molecule has 5 atom stereocenters. The Morgan fingerprint density at radius 3 is 2.43 bits per heavy atom. The molecule has 0 aromatic heterocycles. The highest BCUT2D eigenvalue weighted by Crippen LogP contribution is 2.35. The Labute approximate surface area is 212 Å². The van der Waals surface area contributed by atoms with E-state index >= 15 is 0 Å². The van der Waals surface area contributed by atoms with Gasteiger partial charge in [-0.1, -0.05) is 57.8 Å². The largest absolute Gasteiger partial charge is 0.494 e. The number of ether oxygens (including phenoxy) is 4. The molecular formula is C29H44O5Si. The van der Waals surface area contributed by atoms with Crippen molar-refractivity contribution >= 4 is 20.1 Å². The number of hydrogen-bond acceptors (Lipinski definition) is 5. The smallest absolute Gasteiger partial charge is 0.339 e. The number of cyclic esters (lactones) is 1. The van der Waals surface area contributed by atoms with Crippen molar-refractivity contribution < 1.29 is 23.7 Å². The third-order valence-corrected chi connectivity index (χ3v) is 8.53. The minimum atomic E-state index is -1.20. The monoisotopic (exact) mass is 500 g/mol. The first-order valence-electron chi connectivity index (χ1n) is 12.9. The molecule has 2 aliphatic rings. The first-order chi connectivity index (χ1) is 16.3. The molecule has 1 aromatic carbocycles. The Hall–Kier alpha value is -1.89. The number of aryl methyl sites for hydroxylation is 1. The summed E-state index contributed by atoms with van der Waals surface area (Å²) in [7, 11) is -1.20. The topological polar surface area (TPSA) is 54.0 Å². The Morgan fingerprint density at radius 2 is 1.74 bits per heavy atom. The summed E-state index contributed by atoms with van der Waals surface area (Å²) in [6.07, 6.45) is 8.68. The fraction of sp³-hybridized carbons (Fsp3) is 0.621. The lowest BCUT2D eigenvalue weighted by molar-refractivity contribution is -0.148. The number of rotatable bonds is 4. The molecule has 1 aromatic rings. The lowest BCUT2D eigenvalue weighted by atomic mass is 9.94. The van der Waals surface area contributed by atoms with Crippen molar-refractivity contribution in [2.45, 2.75) is 97.7 Å². The van der Waals surface area contributed by atoms with Crippen LogP contribution in [0.1, 0.15) is 62.5 Å². The predicted molar refractivity (Wildman–Crippen MR) is 145 cm³/mol. The van der Waals surface area contributed by atoms with Crippen LogP contribution >= 0.6 is 0 Å². The average Bonchev–Trinajstić information content (AvgIpc) is 3.04. The Balaban J connectivity index is 1.96. The molecule has 2 heterocycles. The fourth-order valence-corrected chi connectivity index (χ4v) is 5.24. The molecule has 5 nitrogen and oxygen atoms in total. The van der Waals surface area contributed by atoms with Gasteiger partial charge in [-0.3, -0.25) is 0 Å². The van der Waals surface area contributed by atoms with Gasteiger partial charge in [0, 0.05) is 19.9 Å². The van der Waals surface area contributed by atoms with E-state index in [1.807, 2.05) is 45.9 Å². The van der Waals surface area contributed by atoms with Gasteiger partial charge in [0.05, 0.1) is 24.4 Å². The lowest BCUT2D eigenvalue weighted by Gasteiger charge is -2.23. The average molecular weight is 501 g/mol. The highest BCUT2D eigenvalue weighted by Gasteiger charge is 2.42. The van der Waals surface area contributed by atoms with Gasteiger partial charge >= 0.3 is 5.97 Å². The van der Waals surface area contributed by atoms with Crippen LogP contribution in [0.15, 0.2) is 30.4 Å². The van der Waals surface area contributed by atoms with E-state index in [1.165, 1.54) is 0 Å². The Bertz CT molecular complexity index is 959. The van der Waals surface area contributed by atoms with Crippen LogP contribution in [0.25, 0.3) is 6.08 Å². The zero-order valence-corrected chi connectivity index (χ0v) is 24.0. The van der Waals surface area contributed by atoms with Crippen LogP contribution in [-0.4, -0.2) is 44.7 Å². The van der Waals surface area contributed by atoms with Crippen LogP contribution in [0.4, 0.5) is 0 Å². The first kappa shape index (κ1) is 27.7. The van der Waals surface area contributed by atoms with Crippen LogP contribution in [-0.2, 0) is 14.2 Å². The maximum atomic E-state index is 13.3. The van der Waals surface area contributed by atoms with Gasteiger partial charge in [-0.05, 0) is 63.4 Å². The third kappa shape index (κ3) is 7.54. The molecule has 1 unspecified atom stereocenters. The van der Waals surface area contributed by atoms with Crippen molar-refractivity contribution in [2.75, 3.05) is 6.61 Å². The molecule has 3 rings (SSSR count). The number of fused-ring (bicyclic) bond motifs is 2. The van der Waals surface area contributed by atoms with Crippen molar-refractivity contribution in [3.63, 3.8) is 0 Å². The summed E-state index contributed by atoms with van der Waals surface area (Å²) >= 11 is 0. The molecule has 6 heteroatoms. The van der Waals surface area contributed by atoms with Crippen LogP contribution in [0, 0.1) is 18.8 Å². The second-order valence-corrected chi connectivity index (χ2v) is 17.5. The van der Waals surface area contributed by atoms with Gasteiger partial charge < -0.3 is 18.9 Å². The second-order valence-electron chi connectivity index (χ2n) is 11.9. The summed E-state index contributed by atoms with van der Waals surface area (Å²) in [5.41, 5.74) is 2.26. The molecule has 194 valence electrons. The number of carbonyl (C=O) groups excluding carboxylic acids is 1. The third-order valence-electron chi connectivity index (χ3n) is 6.82. The second kappa shape index (κ2) is 11.0. The van der Waals surface area contributed by atoms with E-state index in [0.29, 0.717) is 18.6 Å². The highest BCUT2D eigenvalue weighted by molar-refractivity contribution is 6.76. The first-order valence-corrected chi connectivity index (χ1v) is 16.7. The van der Waals surface area contributed by atoms with E-state index in [0.717, 1.165) is 22.9 Å². The predicted octanol–water partition coefficient (Wildman–Crippen LogP) is 7.02. The van der Waals surface area contributed by atoms with Gasteiger partial charge in [0.15, 0.2) is 5.79 Å². The van der Waals surface area contributed by atoms with E-state index in [4.69, 9.17) is 18.9 Å². The number of benzene rings is 1. The van der Waals surface area contributed by atoms with E-state index < -0.39 is 13.9 Å².